The van der Waals surface area contributed by atoms with Crippen LogP contribution in [0.3, 0.4) is 0 Å². The highest BCUT2D eigenvalue weighted by Gasteiger charge is 2.03. The van der Waals surface area contributed by atoms with Crippen LogP contribution >= 0.6 is 0 Å². The molecule has 0 heterocycles. The van der Waals surface area contributed by atoms with Gasteiger partial charge >= 0.3 is 5.97 Å². The van der Waals surface area contributed by atoms with E-state index in [1.54, 1.807) is 12.1 Å². The molecule has 3 nitrogen and oxygen atoms in total. The van der Waals surface area contributed by atoms with E-state index in [1.165, 1.54) is 5.57 Å². The van der Waals surface area contributed by atoms with Gasteiger partial charge in [0.05, 0.1) is 5.56 Å². The third-order valence-corrected chi connectivity index (χ3v) is 3.01. The van der Waals surface area contributed by atoms with Crippen molar-refractivity contribution in [3.05, 3.63) is 47.0 Å². The number of hydrogen-bond acceptors (Lipinski definition) is 2. The number of carboxylic acids is 1. The highest BCUT2D eigenvalue weighted by atomic mass is 16.4. The molecule has 0 fully saturated rings. The topological polar surface area (TPSA) is 49.3 Å². The number of hydrogen-bond donors (Lipinski definition) is 2. The average Bonchev–Trinajstić information content (AvgIpc) is 2.36. The largest absolute Gasteiger partial charge is 0.478 e. The van der Waals surface area contributed by atoms with Gasteiger partial charge in [0.15, 0.2) is 0 Å². The Labute approximate surface area is 115 Å². The van der Waals surface area contributed by atoms with E-state index in [4.69, 9.17) is 5.11 Å². The molecular formula is C16H23NO2. The predicted molar refractivity (Wildman–Crippen MR) is 78.4 cm³/mol. The molecule has 0 aromatic heterocycles. The third kappa shape index (κ3) is 6.20. The Morgan fingerprint density at radius 2 is 1.95 bits per heavy atom. The van der Waals surface area contributed by atoms with Gasteiger partial charge in [-0.15, -0.1) is 0 Å². The molecule has 0 radical (unpaired) electrons. The van der Waals surface area contributed by atoms with Gasteiger partial charge in [-0.1, -0.05) is 23.8 Å². The zero-order valence-electron chi connectivity index (χ0n) is 11.9. The molecule has 0 aliphatic rings. The normalized spacial score (nSPS) is 11.9. The quantitative estimate of drug-likeness (QED) is 0.737. The minimum Gasteiger partial charge on any atom is -0.478 e. The lowest BCUT2D eigenvalue weighted by atomic mass is 10.1. The summed E-state index contributed by atoms with van der Waals surface area (Å²) in [6.45, 7) is 7.17. The van der Waals surface area contributed by atoms with Crippen LogP contribution < -0.4 is 5.32 Å². The Balaban J connectivity index is 2.35. The molecule has 0 bridgehead atoms. The zero-order valence-corrected chi connectivity index (χ0v) is 11.9. The summed E-state index contributed by atoms with van der Waals surface area (Å²) in [5.41, 5.74) is 2.80. The van der Waals surface area contributed by atoms with E-state index in [0.29, 0.717) is 11.6 Å². The zero-order chi connectivity index (χ0) is 14.3. The molecule has 0 aliphatic heterocycles. The molecule has 0 spiro atoms. The van der Waals surface area contributed by atoms with Crippen LogP contribution in [0, 0.1) is 0 Å². The second-order valence-electron chi connectivity index (χ2n) is 5.14. The van der Waals surface area contributed by atoms with Crippen LogP contribution in [0.4, 0.5) is 0 Å². The van der Waals surface area contributed by atoms with Crippen molar-refractivity contribution < 1.29 is 9.90 Å². The van der Waals surface area contributed by atoms with Gasteiger partial charge in [-0.25, -0.2) is 4.79 Å². The van der Waals surface area contributed by atoms with Crippen LogP contribution in [0.1, 0.15) is 49.5 Å². The lowest BCUT2D eigenvalue weighted by Gasteiger charge is -2.13. The van der Waals surface area contributed by atoms with Gasteiger partial charge in [-0.05, 0) is 51.3 Å². The molecule has 19 heavy (non-hydrogen) atoms. The van der Waals surface area contributed by atoms with Gasteiger partial charge in [0.1, 0.15) is 0 Å². The number of aromatic carboxylic acids is 1. The van der Waals surface area contributed by atoms with Crippen LogP contribution in [0.2, 0.25) is 0 Å². The summed E-state index contributed by atoms with van der Waals surface area (Å²) in [5.74, 6) is -0.880. The van der Waals surface area contributed by atoms with Gasteiger partial charge in [0.2, 0.25) is 0 Å². The molecule has 1 aromatic rings. The van der Waals surface area contributed by atoms with Gasteiger partial charge < -0.3 is 10.4 Å². The second kappa shape index (κ2) is 7.74. The van der Waals surface area contributed by atoms with Gasteiger partial charge in [0.25, 0.3) is 0 Å². The van der Waals surface area contributed by atoms with Crippen molar-refractivity contribution in [2.75, 3.05) is 0 Å². The van der Waals surface area contributed by atoms with Crippen molar-refractivity contribution in [3.63, 3.8) is 0 Å². The molecule has 3 heteroatoms. The SMILES string of the molecule is CC(C)=CCCC(C)NCc1ccc(C(=O)O)cc1. The average molecular weight is 261 g/mol. The summed E-state index contributed by atoms with van der Waals surface area (Å²) < 4.78 is 0. The molecule has 104 valence electrons. The Kier molecular flexibility index (Phi) is 6.30. The molecule has 0 saturated heterocycles. The third-order valence-electron chi connectivity index (χ3n) is 3.01. The fraction of sp³-hybridized carbons (Fsp3) is 0.438. The monoisotopic (exact) mass is 261 g/mol. The Morgan fingerprint density at radius 1 is 1.32 bits per heavy atom. The van der Waals surface area contributed by atoms with E-state index in [9.17, 15) is 4.79 Å². The minimum absolute atomic E-state index is 0.334. The summed E-state index contributed by atoms with van der Waals surface area (Å²) in [6.07, 6.45) is 4.45. The van der Waals surface area contributed by atoms with Crippen LogP contribution in [-0.4, -0.2) is 17.1 Å². The molecule has 0 aliphatic carbocycles. The smallest absolute Gasteiger partial charge is 0.335 e. The Hall–Kier alpha value is -1.61. The second-order valence-corrected chi connectivity index (χ2v) is 5.14. The fourth-order valence-corrected chi connectivity index (χ4v) is 1.78. The Morgan fingerprint density at radius 3 is 2.47 bits per heavy atom. The Bertz CT molecular complexity index is 431. The van der Waals surface area contributed by atoms with Crippen molar-refractivity contribution in [3.8, 4) is 0 Å². The lowest BCUT2D eigenvalue weighted by molar-refractivity contribution is 0.0697. The van der Waals surface area contributed by atoms with Crippen molar-refractivity contribution in [1.82, 2.24) is 5.32 Å². The summed E-state index contributed by atoms with van der Waals surface area (Å²) in [5, 5.41) is 12.3. The number of carboxylic acid groups (broad SMARTS) is 1. The van der Waals surface area contributed by atoms with E-state index in [0.717, 1.165) is 24.9 Å². The molecule has 0 amide bonds. The highest BCUT2D eigenvalue weighted by molar-refractivity contribution is 5.87. The summed E-state index contributed by atoms with van der Waals surface area (Å²) in [4.78, 5) is 10.7. The van der Waals surface area contributed by atoms with E-state index in [2.05, 4.69) is 32.2 Å². The molecule has 2 N–H and O–H groups in total. The van der Waals surface area contributed by atoms with E-state index < -0.39 is 5.97 Å². The maximum atomic E-state index is 10.7. The van der Waals surface area contributed by atoms with Gasteiger partial charge in [-0.2, -0.15) is 0 Å². The maximum absolute atomic E-state index is 10.7. The molecular weight excluding hydrogens is 238 g/mol. The van der Waals surface area contributed by atoms with Crippen LogP contribution in [0.5, 0.6) is 0 Å². The van der Waals surface area contributed by atoms with E-state index in [-0.39, 0.29) is 0 Å². The number of benzene rings is 1. The number of nitrogens with one attached hydrogen (secondary N) is 1. The van der Waals surface area contributed by atoms with Gasteiger partial charge in [-0.3, -0.25) is 0 Å². The molecule has 1 rings (SSSR count). The van der Waals surface area contributed by atoms with Crippen molar-refractivity contribution in [2.24, 2.45) is 0 Å². The van der Waals surface area contributed by atoms with Crippen molar-refractivity contribution in [2.45, 2.75) is 46.2 Å². The van der Waals surface area contributed by atoms with Crippen LogP contribution in [-0.2, 0) is 6.54 Å². The fourth-order valence-electron chi connectivity index (χ4n) is 1.78. The van der Waals surface area contributed by atoms with Gasteiger partial charge in [0, 0.05) is 12.6 Å². The van der Waals surface area contributed by atoms with E-state index >= 15 is 0 Å². The number of allylic oxidation sites excluding steroid dienone is 2. The highest BCUT2D eigenvalue weighted by Crippen LogP contribution is 2.06. The first kappa shape index (κ1) is 15.4. The first-order valence-corrected chi connectivity index (χ1v) is 6.68. The molecule has 1 atom stereocenters. The summed E-state index contributed by atoms with van der Waals surface area (Å²) in [7, 11) is 0. The van der Waals surface area contributed by atoms with Crippen LogP contribution in [0.25, 0.3) is 0 Å². The molecule has 0 saturated carbocycles. The first-order valence-electron chi connectivity index (χ1n) is 6.68. The predicted octanol–water partition coefficient (Wildman–Crippen LogP) is 3.61. The van der Waals surface area contributed by atoms with Crippen molar-refractivity contribution in [1.29, 1.82) is 0 Å². The number of carbonyl (C=O) groups is 1. The van der Waals surface area contributed by atoms with Crippen molar-refractivity contribution >= 4 is 5.97 Å². The first-order chi connectivity index (χ1) is 8.99. The maximum Gasteiger partial charge on any atom is 0.335 e. The minimum atomic E-state index is -0.880. The molecule has 1 unspecified atom stereocenters. The number of rotatable bonds is 7. The summed E-state index contributed by atoms with van der Waals surface area (Å²) in [6, 6.07) is 7.47. The molecule has 1 aromatic carbocycles. The van der Waals surface area contributed by atoms with E-state index in [1.807, 2.05) is 12.1 Å². The van der Waals surface area contributed by atoms with Crippen LogP contribution in [0.15, 0.2) is 35.9 Å². The standard InChI is InChI=1S/C16H23NO2/c1-12(2)5-4-6-13(3)17-11-14-7-9-15(10-8-14)16(18)19/h5,7-10,13,17H,4,6,11H2,1-3H3,(H,18,19). The lowest BCUT2D eigenvalue weighted by Crippen LogP contribution is -2.25. The summed E-state index contributed by atoms with van der Waals surface area (Å²) >= 11 is 0.